The molecule has 0 bridgehead atoms. The van der Waals surface area contributed by atoms with Gasteiger partial charge >= 0.3 is 5.97 Å². The second-order valence-electron chi connectivity index (χ2n) is 6.52. The maximum absolute atomic E-state index is 12.0. The molecule has 118 valence electrons. The normalized spacial score (nSPS) is 18.4. The van der Waals surface area contributed by atoms with E-state index in [2.05, 4.69) is 0 Å². The summed E-state index contributed by atoms with van der Waals surface area (Å²) < 4.78 is 5.08. The smallest absolute Gasteiger partial charge is 0.311 e. The zero-order chi connectivity index (χ0) is 16.3. The number of carbonyl (C=O) groups excluding carboxylic acids is 3. The van der Waals surface area contributed by atoms with E-state index < -0.39 is 17.3 Å². The molecule has 1 fully saturated rings. The fourth-order valence-electron chi connectivity index (χ4n) is 2.19. The van der Waals surface area contributed by atoms with Crippen LogP contribution in [0.5, 0.6) is 0 Å². The van der Waals surface area contributed by atoms with Crippen molar-refractivity contribution in [1.29, 1.82) is 0 Å². The van der Waals surface area contributed by atoms with Crippen LogP contribution in [0, 0.1) is 11.3 Å². The summed E-state index contributed by atoms with van der Waals surface area (Å²) >= 11 is 0. The van der Waals surface area contributed by atoms with E-state index in [1.165, 1.54) is 0 Å². The monoisotopic (exact) mass is 303 g/mol. The fourth-order valence-corrected chi connectivity index (χ4v) is 2.19. The summed E-state index contributed by atoms with van der Waals surface area (Å²) in [6, 6.07) is 9.21. The number of anilines is 1. The van der Waals surface area contributed by atoms with Gasteiger partial charge < -0.3 is 9.64 Å². The summed E-state index contributed by atoms with van der Waals surface area (Å²) in [5.41, 5.74) is 0.232. The van der Waals surface area contributed by atoms with Crippen molar-refractivity contribution in [2.24, 2.45) is 11.3 Å². The van der Waals surface area contributed by atoms with E-state index in [-0.39, 0.29) is 24.7 Å². The van der Waals surface area contributed by atoms with Crippen molar-refractivity contribution in [2.45, 2.75) is 27.2 Å². The van der Waals surface area contributed by atoms with Gasteiger partial charge in [-0.25, -0.2) is 0 Å². The minimum absolute atomic E-state index is 0.102. The second-order valence-corrected chi connectivity index (χ2v) is 6.52. The van der Waals surface area contributed by atoms with Gasteiger partial charge in [0.1, 0.15) is 0 Å². The largest absolute Gasteiger partial charge is 0.457 e. The van der Waals surface area contributed by atoms with Crippen LogP contribution in [0.25, 0.3) is 0 Å². The van der Waals surface area contributed by atoms with Gasteiger partial charge in [-0.1, -0.05) is 39.0 Å². The Morgan fingerprint density at radius 2 is 1.86 bits per heavy atom. The predicted molar refractivity (Wildman–Crippen MR) is 82.3 cm³/mol. The molecule has 1 aromatic rings. The molecule has 0 aromatic heterocycles. The summed E-state index contributed by atoms with van der Waals surface area (Å²) in [5.74, 6) is -1.23. The van der Waals surface area contributed by atoms with E-state index in [0.29, 0.717) is 6.54 Å². The molecule has 0 saturated carbocycles. The molecule has 0 spiro atoms. The van der Waals surface area contributed by atoms with Crippen molar-refractivity contribution in [2.75, 3.05) is 18.1 Å². The number of Topliss-reactive ketones (excluding diaryl/α,β-unsaturated/α-hetero) is 1. The molecule has 1 amide bonds. The van der Waals surface area contributed by atoms with Crippen LogP contribution in [-0.4, -0.2) is 30.8 Å². The predicted octanol–water partition coefficient (Wildman–Crippen LogP) is 2.20. The number of hydrogen-bond donors (Lipinski definition) is 0. The Kier molecular flexibility index (Phi) is 4.64. The van der Waals surface area contributed by atoms with E-state index in [1.807, 2.05) is 30.3 Å². The topological polar surface area (TPSA) is 63.7 Å². The van der Waals surface area contributed by atoms with Crippen molar-refractivity contribution >= 4 is 23.3 Å². The van der Waals surface area contributed by atoms with Gasteiger partial charge in [-0.3, -0.25) is 14.4 Å². The summed E-state index contributed by atoms with van der Waals surface area (Å²) in [6.45, 7) is 5.39. The molecular weight excluding hydrogens is 282 g/mol. The van der Waals surface area contributed by atoms with Crippen LogP contribution in [-0.2, 0) is 19.1 Å². The first-order valence-corrected chi connectivity index (χ1v) is 7.34. The molecule has 2 rings (SSSR count). The van der Waals surface area contributed by atoms with Gasteiger partial charge in [0.05, 0.1) is 5.92 Å². The molecule has 1 saturated heterocycles. The number of ketones is 1. The Balaban J connectivity index is 1.93. The number of hydrogen-bond acceptors (Lipinski definition) is 4. The average Bonchev–Trinajstić information content (AvgIpc) is 2.86. The third-order valence-corrected chi connectivity index (χ3v) is 3.71. The SMILES string of the molecule is CC(C)(C)C(=O)COC(=O)[C@H]1CC(=O)N(c2ccccc2)C1. The van der Waals surface area contributed by atoms with Crippen LogP contribution in [0.2, 0.25) is 0 Å². The number of nitrogens with zero attached hydrogens (tertiary/aromatic N) is 1. The first kappa shape index (κ1) is 16.2. The number of carbonyl (C=O) groups is 3. The number of ether oxygens (including phenoxy) is 1. The fraction of sp³-hybridized carbons (Fsp3) is 0.471. The minimum Gasteiger partial charge on any atom is -0.457 e. The van der Waals surface area contributed by atoms with Gasteiger partial charge in [-0.05, 0) is 12.1 Å². The van der Waals surface area contributed by atoms with Crippen molar-refractivity contribution in [1.82, 2.24) is 0 Å². The minimum atomic E-state index is -0.540. The highest BCUT2D eigenvalue weighted by atomic mass is 16.5. The third kappa shape index (κ3) is 3.72. The van der Waals surface area contributed by atoms with Crippen LogP contribution in [0.15, 0.2) is 30.3 Å². The quantitative estimate of drug-likeness (QED) is 0.800. The van der Waals surface area contributed by atoms with E-state index in [9.17, 15) is 14.4 Å². The van der Waals surface area contributed by atoms with Crippen molar-refractivity contribution in [3.05, 3.63) is 30.3 Å². The molecule has 0 N–H and O–H groups in total. The Bertz CT molecular complexity index is 574. The maximum atomic E-state index is 12.0. The lowest BCUT2D eigenvalue weighted by atomic mass is 9.91. The average molecular weight is 303 g/mol. The van der Waals surface area contributed by atoms with Gasteiger partial charge in [-0.2, -0.15) is 0 Å². The van der Waals surface area contributed by atoms with Crippen LogP contribution >= 0.6 is 0 Å². The maximum Gasteiger partial charge on any atom is 0.311 e. The number of rotatable bonds is 4. The summed E-state index contributed by atoms with van der Waals surface area (Å²) in [7, 11) is 0. The van der Waals surface area contributed by atoms with Gasteiger partial charge in [0.15, 0.2) is 12.4 Å². The Labute approximate surface area is 130 Å². The second kappa shape index (κ2) is 6.30. The summed E-state index contributed by atoms with van der Waals surface area (Å²) in [4.78, 5) is 37.4. The highest BCUT2D eigenvalue weighted by Crippen LogP contribution is 2.25. The third-order valence-electron chi connectivity index (χ3n) is 3.71. The molecule has 1 aliphatic heterocycles. The summed E-state index contributed by atoms with van der Waals surface area (Å²) in [6.07, 6.45) is 0.122. The van der Waals surface area contributed by atoms with E-state index in [4.69, 9.17) is 4.74 Å². The van der Waals surface area contributed by atoms with Crippen LogP contribution in [0.1, 0.15) is 27.2 Å². The molecule has 1 atom stereocenters. The molecular formula is C17H21NO4. The lowest BCUT2D eigenvalue weighted by Crippen LogP contribution is -2.30. The Morgan fingerprint density at radius 1 is 1.23 bits per heavy atom. The highest BCUT2D eigenvalue weighted by Gasteiger charge is 2.36. The molecule has 5 nitrogen and oxygen atoms in total. The van der Waals surface area contributed by atoms with E-state index in [0.717, 1.165) is 5.69 Å². The molecule has 5 heteroatoms. The first-order valence-electron chi connectivity index (χ1n) is 7.34. The number of esters is 1. The zero-order valence-corrected chi connectivity index (χ0v) is 13.2. The molecule has 1 heterocycles. The number of para-hydroxylation sites is 1. The van der Waals surface area contributed by atoms with Crippen LogP contribution in [0.3, 0.4) is 0 Å². The summed E-state index contributed by atoms with van der Waals surface area (Å²) in [5, 5.41) is 0. The van der Waals surface area contributed by atoms with Gasteiger partial charge in [0, 0.05) is 24.1 Å². The number of benzene rings is 1. The molecule has 0 radical (unpaired) electrons. The van der Waals surface area contributed by atoms with Crippen molar-refractivity contribution in [3.8, 4) is 0 Å². The van der Waals surface area contributed by atoms with E-state index in [1.54, 1.807) is 25.7 Å². The molecule has 22 heavy (non-hydrogen) atoms. The first-order chi connectivity index (χ1) is 10.3. The highest BCUT2D eigenvalue weighted by molar-refractivity contribution is 5.99. The molecule has 0 aliphatic carbocycles. The lowest BCUT2D eigenvalue weighted by Gasteiger charge is -2.18. The van der Waals surface area contributed by atoms with Crippen molar-refractivity contribution in [3.63, 3.8) is 0 Å². The van der Waals surface area contributed by atoms with E-state index >= 15 is 0 Å². The van der Waals surface area contributed by atoms with Crippen LogP contribution in [0.4, 0.5) is 5.69 Å². The Hall–Kier alpha value is -2.17. The molecule has 1 aromatic carbocycles. The standard InChI is InChI=1S/C17H21NO4/c1-17(2,3)14(19)11-22-16(21)12-9-15(20)18(10-12)13-7-5-4-6-8-13/h4-8,12H,9-11H2,1-3H3/t12-/m0/s1. The lowest BCUT2D eigenvalue weighted by molar-refractivity contribution is -0.153. The van der Waals surface area contributed by atoms with Crippen molar-refractivity contribution < 1.29 is 19.1 Å². The number of amides is 1. The molecule has 0 unspecified atom stereocenters. The van der Waals surface area contributed by atoms with Gasteiger partial charge in [0.2, 0.25) is 5.91 Å². The Morgan fingerprint density at radius 3 is 2.45 bits per heavy atom. The van der Waals surface area contributed by atoms with Crippen LogP contribution < -0.4 is 4.90 Å². The molecule has 1 aliphatic rings. The zero-order valence-electron chi connectivity index (χ0n) is 13.2. The van der Waals surface area contributed by atoms with Gasteiger partial charge in [0.25, 0.3) is 0 Å². The van der Waals surface area contributed by atoms with Gasteiger partial charge in [-0.15, -0.1) is 0 Å².